The molecule has 0 spiro atoms. The van der Waals surface area contributed by atoms with Crippen molar-refractivity contribution in [1.82, 2.24) is 0 Å². The molecule has 0 bridgehead atoms. The van der Waals surface area contributed by atoms with E-state index in [-0.39, 0.29) is 5.75 Å². The number of aromatic hydroxyl groups is 1. The number of nitrogens with zero attached hydrogens (tertiary/aromatic N) is 2. The second-order valence-corrected chi connectivity index (χ2v) is 3.77. The van der Waals surface area contributed by atoms with Gasteiger partial charge in [0.05, 0.1) is 38.5 Å². The molecule has 1 heterocycles. The number of rotatable bonds is 5. The molecule has 0 aliphatic carbocycles. The van der Waals surface area contributed by atoms with Crippen LogP contribution in [0.2, 0.25) is 0 Å². The van der Waals surface area contributed by atoms with Gasteiger partial charge in [-0.2, -0.15) is 10.2 Å². The summed E-state index contributed by atoms with van der Waals surface area (Å²) in [6, 6.07) is 6.63. The highest BCUT2D eigenvalue weighted by Crippen LogP contribution is 2.31. The standard InChI is InChI=1S/C14H14N2O4/c1-18-11-6-13(17)12(14(7-11)19-2)9-16-15-8-10-4-3-5-20-10/h3-9,17H,1-2H3/b15-8?,16-9+. The minimum atomic E-state index is -0.00171. The van der Waals surface area contributed by atoms with E-state index in [2.05, 4.69) is 10.2 Å². The van der Waals surface area contributed by atoms with Gasteiger partial charge in [-0.25, -0.2) is 0 Å². The smallest absolute Gasteiger partial charge is 0.146 e. The van der Waals surface area contributed by atoms with Crippen LogP contribution in [-0.2, 0) is 0 Å². The van der Waals surface area contributed by atoms with Crippen molar-refractivity contribution in [3.05, 3.63) is 41.9 Å². The predicted octanol–water partition coefficient (Wildman–Crippen LogP) is 2.46. The third kappa shape index (κ3) is 3.17. The van der Waals surface area contributed by atoms with Crippen LogP contribution in [-0.4, -0.2) is 31.8 Å². The molecule has 0 saturated heterocycles. The van der Waals surface area contributed by atoms with Crippen molar-refractivity contribution in [2.45, 2.75) is 0 Å². The molecule has 6 heteroatoms. The molecule has 2 aromatic rings. The first-order chi connectivity index (χ1) is 9.74. The van der Waals surface area contributed by atoms with Gasteiger partial charge in [0.2, 0.25) is 0 Å². The predicted molar refractivity (Wildman–Crippen MR) is 75.1 cm³/mol. The number of furan rings is 1. The molecule has 1 N–H and O–H groups in total. The van der Waals surface area contributed by atoms with E-state index >= 15 is 0 Å². The Labute approximate surface area is 116 Å². The molecule has 1 aromatic carbocycles. The lowest BCUT2D eigenvalue weighted by Gasteiger charge is -2.08. The molecule has 0 unspecified atom stereocenters. The van der Waals surface area contributed by atoms with Gasteiger partial charge in [0.15, 0.2) is 0 Å². The molecule has 104 valence electrons. The number of methoxy groups -OCH3 is 2. The van der Waals surface area contributed by atoms with E-state index in [9.17, 15) is 5.11 Å². The summed E-state index contributed by atoms with van der Waals surface area (Å²) in [6.45, 7) is 0. The van der Waals surface area contributed by atoms with Gasteiger partial charge in [-0.05, 0) is 12.1 Å². The zero-order valence-electron chi connectivity index (χ0n) is 11.1. The van der Waals surface area contributed by atoms with Gasteiger partial charge >= 0.3 is 0 Å². The lowest BCUT2D eigenvalue weighted by Crippen LogP contribution is -1.93. The SMILES string of the molecule is COc1cc(O)c(/C=N/N=Cc2ccco2)c(OC)c1. The number of phenols is 1. The van der Waals surface area contributed by atoms with E-state index in [1.165, 1.54) is 32.7 Å². The number of hydrogen-bond donors (Lipinski definition) is 1. The Bertz CT molecular complexity index is 618. The maximum absolute atomic E-state index is 9.90. The summed E-state index contributed by atoms with van der Waals surface area (Å²) in [4.78, 5) is 0. The van der Waals surface area contributed by atoms with Crippen LogP contribution in [0.25, 0.3) is 0 Å². The molecular weight excluding hydrogens is 260 g/mol. The molecule has 0 radical (unpaired) electrons. The number of phenolic OH excluding ortho intramolecular Hbond substituents is 1. The Morgan fingerprint density at radius 2 is 1.95 bits per heavy atom. The second-order valence-electron chi connectivity index (χ2n) is 3.77. The average molecular weight is 274 g/mol. The molecule has 20 heavy (non-hydrogen) atoms. The van der Waals surface area contributed by atoms with E-state index in [0.29, 0.717) is 22.8 Å². The highest BCUT2D eigenvalue weighted by atomic mass is 16.5. The Morgan fingerprint density at radius 3 is 2.60 bits per heavy atom. The molecule has 1 aromatic heterocycles. The second kappa shape index (κ2) is 6.42. The van der Waals surface area contributed by atoms with E-state index in [1.807, 2.05) is 0 Å². The zero-order chi connectivity index (χ0) is 14.4. The summed E-state index contributed by atoms with van der Waals surface area (Å²) >= 11 is 0. The van der Waals surface area contributed by atoms with Crippen molar-refractivity contribution in [3.8, 4) is 17.2 Å². The Kier molecular flexibility index (Phi) is 4.39. The van der Waals surface area contributed by atoms with Crippen LogP contribution in [0, 0.1) is 0 Å². The quantitative estimate of drug-likeness (QED) is 0.671. The highest BCUT2D eigenvalue weighted by Gasteiger charge is 2.09. The van der Waals surface area contributed by atoms with Crippen molar-refractivity contribution in [3.63, 3.8) is 0 Å². The van der Waals surface area contributed by atoms with E-state index < -0.39 is 0 Å². The molecular formula is C14H14N2O4. The first-order valence-electron chi connectivity index (χ1n) is 5.79. The first-order valence-corrected chi connectivity index (χ1v) is 5.79. The molecule has 0 aliphatic heterocycles. The molecule has 2 rings (SSSR count). The summed E-state index contributed by atoms with van der Waals surface area (Å²) in [5, 5.41) is 17.6. The van der Waals surface area contributed by atoms with Crippen molar-refractivity contribution in [2.24, 2.45) is 10.2 Å². The lowest BCUT2D eigenvalue weighted by atomic mass is 10.2. The summed E-state index contributed by atoms with van der Waals surface area (Å²) in [6.07, 6.45) is 4.40. The van der Waals surface area contributed by atoms with Crippen LogP contribution in [0.1, 0.15) is 11.3 Å². The Hall–Kier alpha value is -2.76. The molecule has 6 nitrogen and oxygen atoms in total. The van der Waals surface area contributed by atoms with Crippen LogP contribution < -0.4 is 9.47 Å². The highest BCUT2D eigenvalue weighted by molar-refractivity contribution is 5.88. The fourth-order valence-electron chi connectivity index (χ4n) is 1.55. The molecule has 0 amide bonds. The summed E-state index contributed by atoms with van der Waals surface area (Å²) in [5.41, 5.74) is 0.421. The molecule has 0 aliphatic rings. The first kappa shape index (κ1) is 13.7. The minimum absolute atomic E-state index is 0.00171. The summed E-state index contributed by atoms with van der Waals surface area (Å²) in [5.74, 6) is 1.53. The van der Waals surface area contributed by atoms with Crippen molar-refractivity contribution >= 4 is 12.4 Å². The van der Waals surface area contributed by atoms with Gasteiger partial charge < -0.3 is 19.0 Å². The third-order valence-electron chi connectivity index (χ3n) is 2.53. The number of benzene rings is 1. The van der Waals surface area contributed by atoms with Gasteiger partial charge in [0, 0.05) is 12.1 Å². The monoisotopic (exact) mass is 274 g/mol. The maximum atomic E-state index is 9.90. The number of hydrogen-bond acceptors (Lipinski definition) is 6. The third-order valence-corrected chi connectivity index (χ3v) is 2.53. The fourth-order valence-corrected chi connectivity index (χ4v) is 1.55. The van der Waals surface area contributed by atoms with Gasteiger partial charge in [-0.15, -0.1) is 0 Å². The minimum Gasteiger partial charge on any atom is -0.507 e. The van der Waals surface area contributed by atoms with Crippen molar-refractivity contribution < 1.29 is 19.0 Å². The van der Waals surface area contributed by atoms with Crippen LogP contribution in [0.3, 0.4) is 0 Å². The van der Waals surface area contributed by atoms with Gasteiger partial charge in [0.1, 0.15) is 23.0 Å². The van der Waals surface area contributed by atoms with E-state index in [1.54, 1.807) is 24.5 Å². The summed E-state index contributed by atoms with van der Waals surface area (Å²) in [7, 11) is 3.01. The number of ether oxygens (including phenoxy) is 2. The van der Waals surface area contributed by atoms with Crippen LogP contribution in [0.4, 0.5) is 0 Å². The zero-order valence-corrected chi connectivity index (χ0v) is 11.1. The Balaban J connectivity index is 2.20. The van der Waals surface area contributed by atoms with Gasteiger partial charge in [0.25, 0.3) is 0 Å². The average Bonchev–Trinajstić information content (AvgIpc) is 2.97. The molecule has 0 saturated carbocycles. The maximum Gasteiger partial charge on any atom is 0.146 e. The van der Waals surface area contributed by atoms with Crippen LogP contribution in [0.15, 0.2) is 45.1 Å². The molecule has 0 fully saturated rings. The van der Waals surface area contributed by atoms with Crippen molar-refractivity contribution in [1.29, 1.82) is 0 Å². The lowest BCUT2D eigenvalue weighted by molar-refractivity contribution is 0.384. The van der Waals surface area contributed by atoms with Crippen LogP contribution >= 0.6 is 0 Å². The normalized spacial score (nSPS) is 11.3. The molecule has 0 atom stereocenters. The Morgan fingerprint density at radius 1 is 1.15 bits per heavy atom. The van der Waals surface area contributed by atoms with Crippen LogP contribution in [0.5, 0.6) is 17.2 Å². The van der Waals surface area contributed by atoms with Crippen molar-refractivity contribution in [2.75, 3.05) is 14.2 Å². The fraction of sp³-hybridized carbons (Fsp3) is 0.143. The van der Waals surface area contributed by atoms with Gasteiger partial charge in [-0.1, -0.05) is 0 Å². The largest absolute Gasteiger partial charge is 0.507 e. The van der Waals surface area contributed by atoms with E-state index in [4.69, 9.17) is 13.9 Å². The topological polar surface area (TPSA) is 76.5 Å². The summed E-state index contributed by atoms with van der Waals surface area (Å²) < 4.78 is 15.3. The van der Waals surface area contributed by atoms with E-state index in [0.717, 1.165) is 0 Å². The van der Waals surface area contributed by atoms with Gasteiger partial charge in [-0.3, -0.25) is 0 Å².